The molecule has 2 aliphatic rings. The number of ketones is 1. The van der Waals surface area contributed by atoms with Crippen molar-refractivity contribution in [3.8, 4) is 0 Å². The van der Waals surface area contributed by atoms with Crippen molar-refractivity contribution in [2.45, 2.75) is 44.9 Å². The van der Waals surface area contributed by atoms with Crippen LogP contribution in [0.25, 0.3) is 0 Å². The SMILES string of the molecule is O=C(c1cc(Cl)ccc1Cl)C1CCC2CCCCC2C1. The van der Waals surface area contributed by atoms with Gasteiger partial charge in [0.1, 0.15) is 0 Å². The van der Waals surface area contributed by atoms with Gasteiger partial charge in [0.2, 0.25) is 0 Å². The van der Waals surface area contributed by atoms with Crippen molar-refractivity contribution in [2.75, 3.05) is 0 Å². The zero-order chi connectivity index (χ0) is 14.1. The number of hydrogen-bond donors (Lipinski definition) is 0. The smallest absolute Gasteiger partial charge is 0.167 e. The molecule has 3 rings (SSSR count). The standard InChI is InChI=1S/C17H20Cl2O/c18-14-7-8-16(19)15(10-14)17(20)13-6-5-11-3-1-2-4-12(11)9-13/h7-8,10-13H,1-6,9H2. The van der Waals surface area contributed by atoms with Crippen LogP contribution in [0.15, 0.2) is 18.2 Å². The molecular weight excluding hydrogens is 291 g/mol. The molecule has 108 valence electrons. The van der Waals surface area contributed by atoms with Crippen LogP contribution in [0.4, 0.5) is 0 Å². The Kier molecular flexibility index (Phi) is 4.37. The third kappa shape index (κ3) is 2.89. The Morgan fingerprint density at radius 2 is 1.75 bits per heavy atom. The summed E-state index contributed by atoms with van der Waals surface area (Å²) in [6, 6.07) is 5.18. The number of halogens is 2. The van der Waals surface area contributed by atoms with Gasteiger partial charge in [0, 0.05) is 16.5 Å². The van der Waals surface area contributed by atoms with Gasteiger partial charge in [0.15, 0.2) is 5.78 Å². The van der Waals surface area contributed by atoms with E-state index in [1.165, 1.54) is 32.1 Å². The van der Waals surface area contributed by atoms with Gasteiger partial charge in [-0.1, -0.05) is 48.9 Å². The summed E-state index contributed by atoms with van der Waals surface area (Å²) in [5.41, 5.74) is 0.610. The molecule has 0 saturated heterocycles. The van der Waals surface area contributed by atoms with Crippen molar-refractivity contribution in [1.29, 1.82) is 0 Å². The first kappa shape index (κ1) is 14.4. The van der Waals surface area contributed by atoms with Gasteiger partial charge >= 0.3 is 0 Å². The minimum atomic E-state index is 0.144. The van der Waals surface area contributed by atoms with Crippen LogP contribution in [0.3, 0.4) is 0 Å². The van der Waals surface area contributed by atoms with Crippen LogP contribution in [-0.4, -0.2) is 5.78 Å². The molecule has 0 N–H and O–H groups in total. The summed E-state index contributed by atoms with van der Waals surface area (Å²) in [4.78, 5) is 12.7. The Morgan fingerprint density at radius 1 is 1.00 bits per heavy atom. The lowest BCUT2D eigenvalue weighted by molar-refractivity contribution is 0.0763. The molecule has 0 aliphatic heterocycles. The number of hydrogen-bond acceptors (Lipinski definition) is 1. The molecule has 20 heavy (non-hydrogen) atoms. The van der Waals surface area contributed by atoms with Gasteiger partial charge in [0.05, 0.1) is 5.02 Å². The summed E-state index contributed by atoms with van der Waals surface area (Å²) in [5.74, 6) is 1.96. The quantitative estimate of drug-likeness (QED) is 0.632. The number of carbonyl (C=O) groups is 1. The molecule has 2 fully saturated rings. The van der Waals surface area contributed by atoms with Crippen LogP contribution in [0, 0.1) is 17.8 Å². The van der Waals surface area contributed by atoms with Crippen LogP contribution < -0.4 is 0 Å². The second-order valence-electron chi connectivity index (χ2n) is 6.30. The van der Waals surface area contributed by atoms with E-state index in [-0.39, 0.29) is 11.7 Å². The molecule has 3 atom stereocenters. The monoisotopic (exact) mass is 310 g/mol. The highest BCUT2D eigenvalue weighted by molar-refractivity contribution is 6.36. The van der Waals surface area contributed by atoms with E-state index in [9.17, 15) is 4.79 Å². The van der Waals surface area contributed by atoms with Crippen LogP contribution in [0.1, 0.15) is 55.3 Å². The predicted octanol–water partition coefficient (Wildman–Crippen LogP) is 5.78. The fraction of sp³-hybridized carbons (Fsp3) is 0.588. The molecule has 1 aromatic rings. The molecule has 2 saturated carbocycles. The lowest BCUT2D eigenvalue weighted by Crippen LogP contribution is -2.31. The van der Waals surface area contributed by atoms with E-state index in [1.807, 2.05) is 0 Å². The molecule has 0 aromatic heterocycles. The van der Waals surface area contributed by atoms with Crippen molar-refractivity contribution in [3.63, 3.8) is 0 Å². The van der Waals surface area contributed by atoms with Crippen molar-refractivity contribution in [1.82, 2.24) is 0 Å². The minimum absolute atomic E-state index is 0.144. The normalized spacial score (nSPS) is 29.8. The van der Waals surface area contributed by atoms with Crippen LogP contribution in [0.5, 0.6) is 0 Å². The first-order valence-electron chi connectivity index (χ1n) is 7.64. The molecule has 0 bridgehead atoms. The summed E-state index contributed by atoms with van der Waals surface area (Å²) < 4.78 is 0. The highest BCUT2D eigenvalue weighted by Gasteiger charge is 2.35. The van der Waals surface area contributed by atoms with Gasteiger partial charge in [-0.15, -0.1) is 0 Å². The molecule has 0 radical (unpaired) electrons. The summed E-state index contributed by atoms with van der Waals surface area (Å²) in [7, 11) is 0. The summed E-state index contributed by atoms with van der Waals surface area (Å²) in [5, 5.41) is 1.12. The van der Waals surface area contributed by atoms with Crippen molar-refractivity contribution in [2.24, 2.45) is 17.8 Å². The fourth-order valence-electron chi connectivity index (χ4n) is 4.02. The zero-order valence-electron chi connectivity index (χ0n) is 11.6. The summed E-state index contributed by atoms with van der Waals surface area (Å²) in [6.45, 7) is 0. The highest BCUT2D eigenvalue weighted by atomic mass is 35.5. The maximum absolute atomic E-state index is 12.7. The van der Waals surface area contributed by atoms with Crippen LogP contribution in [-0.2, 0) is 0 Å². The van der Waals surface area contributed by atoms with E-state index in [2.05, 4.69) is 0 Å². The van der Waals surface area contributed by atoms with E-state index in [4.69, 9.17) is 23.2 Å². The Morgan fingerprint density at radius 3 is 2.55 bits per heavy atom. The number of carbonyl (C=O) groups excluding carboxylic acids is 1. The largest absolute Gasteiger partial charge is 0.294 e. The number of fused-ring (bicyclic) bond motifs is 1. The van der Waals surface area contributed by atoms with Crippen LogP contribution >= 0.6 is 23.2 Å². The number of benzene rings is 1. The fourth-order valence-corrected chi connectivity index (χ4v) is 4.40. The van der Waals surface area contributed by atoms with E-state index < -0.39 is 0 Å². The minimum Gasteiger partial charge on any atom is -0.294 e. The average Bonchev–Trinajstić information content (AvgIpc) is 2.48. The van der Waals surface area contributed by atoms with Crippen molar-refractivity contribution >= 4 is 29.0 Å². The molecule has 0 amide bonds. The number of Topliss-reactive ketones (excluding diaryl/α,β-unsaturated/α-hetero) is 1. The Bertz CT molecular complexity index is 512. The van der Waals surface area contributed by atoms with E-state index in [1.54, 1.807) is 18.2 Å². The molecule has 2 aliphatic carbocycles. The lowest BCUT2D eigenvalue weighted by Gasteiger charge is -2.38. The molecule has 1 aromatic carbocycles. The maximum Gasteiger partial charge on any atom is 0.167 e. The third-order valence-corrected chi connectivity index (χ3v) is 5.67. The van der Waals surface area contributed by atoms with Gasteiger partial charge in [-0.3, -0.25) is 4.79 Å². The summed E-state index contributed by atoms with van der Waals surface area (Å²) in [6.07, 6.45) is 8.65. The van der Waals surface area contributed by atoms with Crippen molar-refractivity contribution < 1.29 is 4.79 Å². The molecule has 3 heteroatoms. The first-order chi connectivity index (χ1) is 9.65. The zero-order valence-corrected chi connectivity index (χ0v) is 13.1. The lowest BCUT2D eigenvalue weighted by atomic mass is 9.66. The van der Waals surface area contributed by atoms with Crippen LogP contribution in [0.2, 0.25) is 10.0 Å². The van der Waals surface area contributed by atoms with Crippen molar-refractivity contribution in [3.05, 3.63) is 33.8 Å². The topological polar surface area (TPSA) is 17.1 Å². The van der Waals surface area contributed by atoms with Gasteiger partial charge in [-0.05, 0) is 49.3 Å². The number of rotatable bonds is 2. The van der Waals surface area contributed by atoms with Gasteiger partial charge in [-0.2, -0.15) is 0 Å². The Balaban J connectivity index is 1.76. The molecule has 1 nitrogen and oxygen atoms in total. The Hall–Kier alpha value is -0.530. The highest BCUT2D eigenvalue weighted by Crippen LogP contribution is 2.43. The first-order valence-corrected chi connectivity index (χ1v) is 8.40. The second-order valence-corrected chi connectivity index (χ2v) is 7.15. The van der Waals surface area contributed by atoms with Gasteiger partial charge in [0.25, 0.3) is 0 Å². The summed E-state index contributed by atoms with van der Waals surface area (Å²) >= 11 is 12.2. The molecular formula is C17H20Cl2O. The van der Waals surface area contributed by atoms with Gasteiger partial charge in [-0.25, -0.2) is 0 Å². The van der Waals surface area contributed by atoms with E-state index in [0.29, 0.717) is 15.6 Å². The Labute approximate surface area is 130 Å². The molecule has 0 heterocycles. The van der Waals surface area contributed by atoms with E-state index in [0.717, 1.165) is 24.7 Å². The van der Waals surface area contributed by atoms with E-state index >= 15 is 0 Å². The average molecular weight is 311 g/mol. The molecule has 0 spiro atoms. The third-order valence-electron chi connectivity index (χ3n) is 5.10. The predicted molar refractivity (Wildman–Crippen MR) is 83.6 cm³/mol. The molecule has 3 unspecified atom stereocenters. The second kappa shape index (κ2) is 6.07. The van der Waals surface area contributed by atoms with Gasteiger partial charge < -0.3 is 0 Å². The maximum atomic E-state index is 12.7.